The Balaban J connectivity index is 2.15. The number of nitro groups is 1. The summed E-state index contributed by atoms with van der Waals surface area (Å²) in [5.41, 5.74) is 0.393. The van der Waals surface area contributed by atoms with E-state index in [-0.39, 0.29) is 23.1 Å². The van der Waals surface area contributed by atoms with Crippen LogP contribution >= 0.6 is 0 Å². The Morgan fingerprint density at radius 3 is 2.79 bits per heavy atom. The van der Waals surface area contributed by atoms with E-state index < -0.39 is 11.0 Å². The van der Waals surface area contributed by atoms with E-state index in [4.69, 9.17) is 0 Å². The predicted octanol–water partition coefficient (Wildman–Crippen LogP) is 1.92. The fourth-order valence-corrected chi connectivity index (χ4v) is 2.47. The molecule has 0 aliphatic heterocycles. The number of amides is 1. The number of carbonyl (C=O) groups is 1. The van der Waals surface area contributed by atoms with Gasteiger partial charge in [0.25, 0.3) is 11.6 Å². The van der Waals surface area contributed by atoms with Crippen molar-refractivity contribution in [2.45, 2.75) is 26.4 Å². The van der Waals surface area contributed by atoms with E-state index in [0.29, 0.717) is 18.7 Å². The van der Waals surface area contributed by atoms with Crippen LogP contribution in [-0.4, -0.2) is 38.1 Å². The van der Waals surface area contributed by atoms with Gasteiger partial charge in [-0.25, -0.2) is 4.98 Å². The second-order valence-electron chi connectivity index (χ2n) is 5.83. The number of nitrogens with one attached hydrogen (secondary N) is 1. The zero-order chi connectivity index (χ0) is 17.7. The van der Waals surface area contributed by atoms with E-state index in [0.717, 1.165) is 0 Å². The number of carbonyl (C=O) groups excluding carboxylic acids is 1. The summed E-state index contributed by atoms with van der Waals surface area (Å²) >= 11 is 0. The van der Waals surface area contributed by atoms with Crippen molar-refractivity contribution in [2.24, 2.45) is 5.92 Å². The fraction of sp³-hybridized carbons (Fsp3) is 0.375. The molecule has 2 aromatic rings. The molecule has 1 heterocycles. The van der Waals surface area contributed by atoms with E-state index in [9.17, 15) is 20.0 Å². The Morgan fingerprint density at radius 1 is 1.46 bits per heavy atom. The van der Waals surface area contributed by atoms with Crippen LogP contribution in [0.3, 0.4) is 0 Å². The van der Waals surface area contributed by atoms with Crippen LogP contribution in [0.4, 0.5) is 5.69 Å². The summed E-state index contributed by atoms with van der Waals surface area (Å²) in [6, 6.07) is 4.31. The van der Waals surface area contributed by atoms with Crippen LogP contribution in [0.5, 0.6) is 0 Å². The van der Waals surface area contributed by atoms with Gasteiger partial charge < -0.3 is 15.0 Å². The highest BCUT2D eigenvalue weighted by atomic mass is 16.6. The summed E-state index contributed by atoms with van der Waals surface area (Å²) in [7, 11) is 0. The van der Waals surface area contributed by atoms with Gasteiger partial charge in [-0.05, 0) is 31.4 Å². The fourth-order valence-electron chi connectivity index (χ4n) is 2.47. The van der Waals surface area contributed by atoms with Crippen LogP contribution in [-0.2, 0) is 0 Å². The van der Waals surface area contributed by atoms with Crippen molar-refractivity contribution < 1.29 is 14.8 Å². The first-order valence-electron chi connectivity index (χ1n) is 7.61. The minimum Gasteiger partial charge on any atom is -0.393 e. The standard InChI is InChI=1S/C16H20N4O4/c1-11(7-12(2)21)9-18-16(22)13-3-4-14(15(8-13)20(23)24)19-6-5-17-10-19/h3-6,8,10-12,21H,7,9H2,1-2H3,(H,18,22). The average molecular weight is 332 g/mol. The SMILES string of the molecule is CC(O)CC(C)CNC(=O)c1ccc(-n2ccnc2)c([N+](=O)[O-])c1. The minimum atomic E-state index is -0.526. The molecule has 0 bridgehead atoms. The summed E-state index contributed by atoms with van der Waals surface area (Å²) in [6.07, 6.45) is 4.71. The van der Waals surface area contributed by atoms with Gasteiger partial charge in [-0.3, -0.25) is 14.9 Å². The van der Waals surface area contributed by atoms with Crippen LogP contribution in [0.15, 0.2) is 36.9 Å². The number of hydrogen-bond acceptors (Lipinski definition) is 5. The Labute approximate surface area is 139 Å². The lowest BCUT2D eigenvalue weighted by molar-refractivity contribution is -0.384. The number of imidazole rings is 1. The molecule has 128 valence electrons. The van der Waals surface area contributed by atoms with Crippen LogP contribution in [0, 0.1) is 16.0 Å². The third-order valence-corrected chi connectivity index (χ3v) is 3.57. The highest BCUT2D eigenvalue weighted by Crippen LogP contribution is 2.24. The van der Waals surface area contributed by atoms with E-state index in [1.807, 2.05) is 6.92 Å². The Kier molecular flexibility index (Phi) is 5.64. The molecule has 8 nitrogen and oxygen atoms in total. The molecule has 0 aliphatic carbocycles. The number of rotatable bonds is 7. The Hall–Kier alpha value is -2.74. The van der Waals surface area contributed by atoms with E-state index in [2.05, 4.69) is 10.3 Å². The molecule has 2 atom stereocenters. The van der Waals surface area contributed by atoms with Crippen LogP contribution in [0.2, 0.25) is 0 Å². The van der Waals surface area contributed by atoms with E-state index in [1.165, 1.54) is 35.3 Å². The van der Waals surface area contributed by atoms with Crippen molar-refractivity contribution >= 4 is 11.6 Å². The predicted molar refractivity (Wildman–Crippen MR) is 88.0 cm³/mol. The largest absolute Gasteiger partial charge is 0.393 e. The van der Waals surface area contributed by atoms with Gasteiger partial charge in [-0.1, -0.05) is 6.92 Å². The Bertz CT molecular complexity index is 713. The molecule has 2 rings (SSSR count). The lowest BCUT2D eigenvalue weighted by atomic mass is 10.0. The number of aliphatic hydroxyl groups excluding tert-OH is 1. The van der Waals surface area contributed by atoms with Crippen molar-refractivity contribution in [1.82, 2.24) is 14.9 Å². The maximum atomic E-state index is 12.2. The molecule has 1 aromatic carbocycles. The number of benzene rings is 1. The second kappa shape index (κ2) is 7.69. The van der Waals surface area contributed by atoms with Gasteiger partial charge in [-0.15, -0.1) is 0 Å². The van der Waals surface area contributed by atoms with Crippen LogP contribution < -0.4 is 5.32 Å². The van der Waals surface area contributed by atoms with Crippen LogP contribution in [0.1, 0.15) is 30.6 Å². The number of nitro benzene ring substituents is 1. The zero-order valence-electron chi connectivity index (χ0n) is 13.5. The maximum Gasteiger partial charge on any atom is 0.294 e. The minimum absolute atomic E-state index is 0.106. The quantitative estimate of drug-likeness (QED) is 0.594. The first kappa shape index (κ1) is 17.6. The lowest BCUT2D eigenvalue weighted by Gasteiger charge is -2.14. The molecule has 24 heavy (non-hydrogen) atoms. The van der Waals surface area contributed by atoms with Gasteiger partial charge in [0, 0.05) is 30.6 Å². The first-order chi connectivity index (χ1) is 11.4. The number of nitrogens with zero attached hydrogens (tertiary/aromatic N) is 3. The molecule has 0 fully saturated rings. The van der Waals surface area contributed by atoms with E-state index >= 15 is 0 Å². The molecular formula is C16H20N4O4. The third kappa shape index (κ3) is 4.39. The third-order valence-electron chi connectivity index (χ3n) is 3.57. The Morgan fingerprint density at radius 2 is 2.21 bits per heavy atom. The molecule has 2 unspecified atom stereocenters. The number of aliphatic hydroxyl groups is 1. The molecule has 0 radical (unpaired) electrons. The molecule has 1 aromatic heterocycles. The summed E-state index contributed by atoms with van der Waals surface area (Å²) in [4.78, 5) is 26.8. The van der Waals surface area contributed by atoms with E-state index in [1.54, 1.807) is 13.1 Å². The monoisotopic (exact) mass is 332 g/mol. The van der Waals surface area contributed by atoms with Gasteiger partial charge in [0.2, 0.25) is 0 Å². The summed E-state index contributed by atoms with van der Waals surface area (Å²) in [5.74, 6) is -0.276. The molecule has 0 aliphatic rings. The van der Waals surface area contributed by atoms with Crippen molar-refractivity contribution in [2.75, 3.05) is 6.54 Å². The van der Waals surface area contributed by atoms with Gasteiger partial charge in [-0.2, -0.15) is 0 Å². The first-order valence-corrected chi connectivity index (χ1v) is 7.61. The van der Waals surface area contributed by atoms with Gasteiger partial charge in [0.15, 0.2) is 0 Å². The lowest BCUT2D eigenvalue weighted by Crippen LogP contribution is -2.29. The van der Waals surface area contributed by atoms with Crippen molar-refractivity contribution in [3.8, 4) is 5.69 Å². The highest BCUT2D eigenvalue weighted by molar-refractivity contribution is 5.95. The summed E-state index contributed by atoms with van der Waals surface area (Å²) in [5, 5.41) is 23.4. The number of hydrogen-bond donors (Lipinski definition) is 2. The smallest absolute Gasteiger partial charge is 0.294 e. The maximum absolute atomic E-state index is 12.2. The molecule has 8 heteroatoms. The van der Waals surface area contributed by atoms with Crippen LogP contribution in [0.25, 0.3) is 5.69 Å². The van der Waals surface area contributed by atoms with Gasteiger partial charge in [0.05, 0.1) is 17.4 Å². The average Bonchev–Trinajstić information content (AvgIpc) is 3.05. The normalized spacial score (nSPS) is 13.3. The molecule has 2 N–H and O–H groups in total. The molecule has 0 saturated carbocycles. The molecule has 0 saturated heterocycles. The van der Waals surface area contributed by atoms with Crippen molar-refractivity contribution in [3.05, 3.63) is 52.6 Å². The van der Waals surface area contributed by atoms with Gasteiger partial charge in [0.1, 0.15) is 5.69 Å². The summed E-state index contributed by atoms with van der Waals surface area (Å²) in [6.45, 7) is 3.99. The molecular weight excluding hydrogens is 312 g/mol. The highest BCUT2D eigenvalue weighted by Gasteiger charge is 2.19. The van der Waals surface area contributed by atoms with Crippen molar-refractivity contribution in [1.29, 1.82) is 0 Å². The number of aromatic nitrogens is 2. The molecule has 0 spiro atoms. The summed E-state index contributed by atoms with van der Waals surface area (Å²) < 4.78 is 1.52. The molecule has 1 amide bonds. The zero-order valence-corrected chi connectivity index (χ0v) is 13.5. The second-order valence-corrected chi connectivity index (χ2v) is 5.83. The van der Waals surface area contributed by atoms with Crippen molar-refractivity contribution in [3.63, 3.8) is 0 Å². The topological polar surface area (TPSA) is 110 Å². The van der Waals surface area contributed by atoms with Gasteiger partial charge >= 0.3 is 0 Å².